The van der Waals surface area contributed by atoms with Gasteiger partial charge < -0.3 is 9.02 Å². The van der Waals surface area contributed by atoms with Crippen molar-refractivity contribution in [3.05, 3.63) is 12.7 Å². The summed E-state index contributed by atoms with van der Waals surface area (Å²) in [5.74, 6) is -2.02. The fraction of sp³-hybridized carbons (Fsp3) is 0.429. The molecule has 8 nitrogen and oxygen atoms in total. The van der Waals surface area contributed by atoms with E-state index in [0.29, 0.717) is 0 Å². The van der Waals surface area contributed by atoms with Gasteiger partial charge >= 0.3 is 22.3 Å². The van der Waals surface area contributed by atoms with Crippen LogP contribution < -0.4 is 5.48 Å². The van der Waals surface area contributed by atoms with Crippen molar-refractivity contribution < 1.29 is 31.6 Å². The lowest BCUT2D eigenvalue weighted by atomic mass is 10.3. The molecule has 0 rings (SSSR count). The zero-order valence-corrected chi connectivity index (χ0v) is 9.03. The molecule has 0 radical (unpaired) electrons. The number of hydrogen-bond acceptors (Lipinski definition) is 7. The predicted octanol–water partition coefficient (Wildman–Crippen LogP) is -0.654. The van der Waals surface area contributed by atoms with Crippen molar-refractivity contribution in [2.45, 2.75) is 12.8 Å². The van der Waals surface area contributed by atoms with Gasteiger partial charge in [0.1, 0.15) is 0 Å². The smallest absolute Gasteiger partial charge is 0.370 e. The Morgan fingerprint density at radius 1 is 1.31 bits per heavy atom. The van der Waals surface area contributed by atoms with Crippen LogP contribution in [0.4, 0.5) is 0 Å². The molecule has 0 unspecified atom stereocenters. The minimum atomic E-state index is -4.82. The number of rotatable bonds is 7. The summed E-state index contributed by atoms with van der Waals surface area (Å²) in [6, 6.07) is 0. The Hall–Kier alpha value is -1.45. The molecule has 0 fully saturated rings. The molecule has 9 heteroatoms. The van der Waals surface area contributed by atoms with Gasteiger partial charge in [0.2, 0.25) is 0 Å². The number of hydrogen-bond donors (Lipinski definition) is 2. The van der Waals surface area contributed by atoms with Gasteiger partial charge in [0.15, 0.2) is 0 Å². The molecule has 0 saturated carbocycles. The molecule has 0 saturated heterocycles. The van der Waals surface area contributed by atoms with E-state index in [-0.39, 0.29) is 13.0 Å². The van der Waals surface area contributed by atoms with Crippen LogP contribution in [-0.4, -0.2) is 31.5 Å². The Kier molecular flexibility index (Phi) is 6.30. The molecule has 2 N–H and O–H groups in total. The molecule has 92 valence electrons. The molecule has 0 aliphatic carbocycles. The van der Waals surface area contributed by atoms with Gasteiger partial charge in [-0.3, -0.25) is 14.1 Å². The summed E-state index contributed by atoms with van der Waals surface area (Å²) in [5.41, 5.74) is 2.22. The van der Waals surface area contributed by atoms with Crippen molar-refractivity contribution in [2.75, 3.05) is 6.54 Å². The Morgan fingerprint density at radius 3 is 2.38 bits per heavy atom. The molecule has 0 aromatic heterocycles. The van der Waals surface area contributed by atoms with Gasteiger partial charge in [-0.05, 0) is 0 Å². The Balaban J connectivity index is 3.75. The second-order valence-electron chi connectivity index (χ2n) is 2.49. The highest BCUT2D eigenvalue weighted by Crippen LogP contribution is 1.97. The normalized spacial score (nSPS) is 10.6. The Bertz CT molecular complexity index is 361. The average molecular weight is 253 g/mol. The van der Waals surface area contributed by atoms with Crippen molar-refractivity contribution in [2.24, 2.45) is 0 Å². The SMILES string of the molecule is C=CCNOC(=O)CCC(=O)OS(=O)(=O)O. The molecule has 16 heavy (non-hydrogen) atoms. The van der Waals surface area contributed by atoms with Crippen molar-refractivity contribution in [1.29, 1.82) is 0 Å². The van der Waals surface area contributed by atoms with Gasteiger partial charge in [-0.15, -0.1) is 12.1 Å². The van der Waals surface area contributed by atoms with Gasteiger partial charge in [0.05, 0.1) is 12.8 Å². The topological polar surface area (TPSA) is 119 Å². The summed E-state index contributed by atoms with van der Waals surface area (Å²) in [5, 5.41) is 0. The molecule has 0 aromatic rings. The Morgan fingerprint density at radius 2 is 1.88 bits per heavy atom. The van der Waals surface area contributed by atoms with E-state index in [1.165, 1.54) is 6.08 Å². The minimum Gasteiger partial charge on any atom is -0.370 e. The molecule has 0 aliphatic heterocycles. The van der Waals surface area contributed by atoms with Crippen molar-refractivity contribution in [1.82, 2.24) is 5.48 Å². The fourth-order valence-electron chi connectivity index (χ4n) is 0.595. The lowest BCUT2D eigenvalue weighted by molar-refractivity contribution is -0.152. The zero-order chi connectivity index (χ0) is 12.6. The molecular weight excluding hydrogens is 242 g/mol. The van der Waals surface area contributed by atoms with Gasteiger partial charge in [-0.25, -0.2) is 0 Å². The maximum atomic E-state index is 10.8. The largest absolute Gasteiger partial charge is 0.448 e. The first-order chi connectivity index (χ1) is 7.35. The van der Waals surface area contributed by atoms with Crippen LogP contribution in [0.25, 0.3) is 0 Å². The fourth-order valence-corrected chi connectivity index (χ4v) is 0.914. The van der Waals surface area contributed by atoms with E-state index in [1.54, 1.807) is 0 Å². The van der Waals surface area contributed by atoms with Gasteiger partial charge in [-0.1, -0.05) is 6.08 Å². The van der Waals surface area contributed by atoms with E-state index in [4.69, 9.17) is 4.55 Å². The van der Waals surface area contributed by atoms with E-state index in [9.17, 15) is 18.0 Å². The lowest BCUT2D eigenvalue weighted by Gasteiger charge is -2.02. The van der Waals surface area contributed by atoms with Crippen LogP contribution in [0.3, 0.4) is 0 Å². The third kappa shape index (κ3) is 9.12. The standard InChI is InChI=1S/C7H11NO7S/c1-2-5-8-14-6(9)3-4-7(10)15-16(11,12)13/h2,8H,1,3-5H2,(H,11,12,13). The highest BCUT2D eigenvalue weighted by atomic mass is 32.3. The molecule has 0 amide bonds. The van der Waals surface area contributed by atoms with Crippen LogP contribution in [0.5, 0.6) is 0 Å². The first-order valence-electron chi connectivity index (χ1n) is 4.08. The van der Waals surface area contributed by atoms with Crippen LogP contribution in [0, 0.1) is 0 Å². The van der Waals surface area contributed by atoms with E-state index >= 15 is 0 Å². The summed E-state index contributed by atoms with van der Waals surface area (Å²) in [4.78, 5) is 25.9. The molecule has 0 spiro atoms. The summed E-state index contributed by atoms with van der Waals surface area (Å²) in [6.45, 7) is 3.59. The second-order valence-corrected chi connectivity index (χ2v) is 3.52. The van der Waals surface area contributed by atoms with E-state index in [0.717, 1.165) is 0 Å². The van der Waals surface area contributed by atoms with Crippen LogP contribution in [0.15, 0.2) is 12.7 Å². The number of carbonyl (C=O) groups excluding carboxylic acids is 2. The molecule has 0 aliphatic rings. The molecular formula is C7H11NO7S. The van der Waals surface area contributed by atoms with Crippen molar-refractivity contribution >= 4 is 22.3 Å². The van der Waals surface area contributed by atoms with E-state index in [2.05, 4.69) is 21.1 Å². The zero-order valence-electron chi connectivity index (χ0n) is 8.21. The van der Waals surface area contributed by atoms with Crippen LogP contribution in [0.1, 0.15) is 12.8 Å². The summed E-state index contributed by atoms with van der Waals surface area (Å²) in [7, 11) is -4.82. The third-order valence-corrected chi connectivity index (χ3v) is 1.54. The highest BCUT2D eigenvalue weighted by molar-refractivity contribution is 7.81. The monoisotopic (exact) mass is 253 g/mol. The van der Waals surface area contributed by atoms with Crippen LogP contribution in [0.2, 0.25) is 0 Å². The highest BCUT2D eigenvalue weighted by Gasteiger charge is 2.15. The number of nitrogens with one attached hydrogen (secondary N) is 1. The summed E-state index contributed by atoms with van der Waals surface area (Å²) >= 11 is 0. The van der Waals surface area contributed by atoms with Gasteiger partial charge in [0, 0.05) is 6.54 Å². The number of carbonyl (C=O) groups is 2. The second kappa shape index (κ2) is 6.93. The maximum absolute atomic E-state index is 10.8. The van der Waals surface area contributed by atoms with Crippen molar-refractivity contribution in [3.8, 4) is 0 Å². The first-order valence-corrected chi connectivity index (χ1v) is 5.45. The number of hydroxylamine groups is 1. The van der Waals surface area contributed by atoms with Crippen LogP contribution in [-0.2, 0) is 29.0 Å². The Labute approximate surface area is 92.1 Å². The molecule has 0 atom stereocenters. The van der Waals surface area contributed by atoms with E-state index < -0.39 is 28.8 Å². The predicted molar refractivity (Wildman–Crippen MR) is 51.2 cm³/mol. The first kappa shape index (κ1) is 14.6. The van der Waals surface area contributed by atoms with E-state index in [1.807, 2.05) is 0 Å². The third-order valence-electron chi connectivity index (χ3n) is 1.15. The average Bonchev–Trinajstić information content (AvgIpc) is 2.12. The minimum absolute atomic E-state index is 0.237. The van der Waals surface area contributed by atoms with Crippen molar-refractivity contribution in [3.63, 3.8) is 0 Å². The summed E-state index contributed by atoms with van der Waals surface area (Å²) < 4.78 is 31.8. The molecule has 0 bridgehead atoms. The lowest BCUT2D eigenvalue weighted by Crippen LogP contribution is -2.21. The summed E-state index contributed by atoms with van der Waals surface area (Å²) in [6.07, 6.45) is 0.548. The maximum Gasteiger partial charge on any atom is 0.448 e. The molecule has 0 aromatic carbocycles. The quantitative estimate of drug-likeness (QED) is 0.266. The van der Waals surface area contributed by atoms with Crippen LogP contribution >= 0.6 is 0 Å². The van der Waals surface area contributed by atoms with Gasteiger partial charge in [-0.2, -0.15) is 8.42 Å². The van der Waals surface area contributed by atoms with Gasteiger partial charge in [0.25, 0.3) is 0 Å². The molecule has 0 heterocycles.